The third-order valence-electron chi connectivity index (χ3n) is 5.03. The molecule has 2 aromatic rings. The average Bonchev–Trinajstić information content (AvgIpc) is 2.73. The molecule has 1 aliphatic heterocycles. The molecule has 2 aromatic carbocycles. The molecule has 3 rings (SSSR count). The van der Waals surface area contributed by atoms with Crippen molar-refractivity contribution in [2.75, 3.05) is 13.1 Å². The van der Waals surface area contributed by atoms with Gasteiger partial charge in [0.2, 0.25) is 10.0 Å². The van der Waals surface area contributed by atoms with Gasteiger partial charge in [0.05, 0.1) is 4.90 Å². The minimum atomic E-state index is -3.67. The van der Waals surface area contributed by atoms with Crippen LogP contribution < -0.4 is 10.1 Å². The van der Waals surface area contributed by atoms with Gasteiger partial charge in [-0.15, -0.1) is 0 Å². The van der Waals surface area contributed by atoms with Crippen molar-refractivity contribution in [1.82, 2.24) is 9.62 Å². The molecule has 0 unspecified atom stereocenters. The number of halogens is 2. The Labute approximate surface area is 174 Å². The molecule has 0 atom stereocenters. The van der Waals surface area contributed by atoms with Crippen molar-refractivity contribution in [2.45, 2.75) is 44.2 Å². The second kappa shape index (κ2) is 9.53. The molecule has 0 bridgehead atoms. The number of rotatable bonds is 7. The van der Waals surface area contributed by atoms with Crippen LogP contribution in [0.4, 0.5) is 8.78 Å². The third kappa shape index (κ3) is 5.14. The normalized spacial score (nSPS) is 15.2. The molecule has 0 radical (unpaired) electrons. The summed E-state index contributed by atoms with van der Waals surface area (Å²) in [5.74, 6) is -0.513. The zero-order valence-corrected chi connectivity index (χ0v) is 17.4. The number of sulfonamides is 1. The number of para-hydroxylation sites is 1. The molecule has 1 heterocycles. The van der Waals surface area contributed by atoms with E-state index < -0.39 is 22.5 Å². The Morgan fingerprint density at radius 1 is 1.13 bits per heavy atom. The average molecular weight is 438 g/mol. The van der Waals surface area contributed by atoms with Crippen LogP contribution in [0.5, 0.6) is 5.75 Å². The van der Waals surface area contributed by atoms with Gasteiger partial charge in [0.25, 0.3) is 5.91 Å². The number of carbonyl (C=O) groups is 1. The molecular weight excluding hydrogens is 414 g/mol. The second-order valence-corrected chi connectivity index (χ2v) is 9.05. The lowest BCUT2D eigenvalue weighted by atomic mass is 10.1. The summed E-state index contributed by atoms with van der Waals surface area (Å²) in [4.78, 5) is 12.8. The second-order valence-electron chi connectivity index (χ2n) is 7.11. The van der Waals surface area contributed by atoms with E-state index in [0.29, 0.717) is 24.2 Å². The zero-order valence-electron chi connectivity index (χ0n) is 16.6. The molecule has 162 valence electrons. The fraction of sp³-hybridized carbons (Fsp3) is 0.381. The van der Waals surface area contributed by atoms with Crippen molar-refractivity contribution in [3.05, 3.63) is 59.2 Å². The lowest BCUT2D eigenvalue weighted by Gasteiger charge is -2.26. The summed E-state index contributed by atoms with van der Waals surface area (Å²) in [5, 5.41) is 2.66. The molecule has 1 saturated heterocycles. The number of hydrogen-bond donors (Lipinski definition) is 1. The van der Waals surface area contributed by atoms with Crippen molar-refractivity contribution in [3.8, 4) is 5.75 Å². The highest BCUT2D eigenvalue weighted by Crippen LogP contribution is 2.24. The van der Waals surface area contributed by atoms with E-state index in [1.54, 1.807) is 31.2 Å². The van der Waals surface area contributed by atoms with Crippen LogP contribution in [0, 0.1) is 6.92 Å². The van der Waals surface area contributed by atoms with Crippen LogP contribution in [0.3, 0.4) is 0 Å². The van der Waals surface area contributed by atoms with Crippen LogP contribution >= 0.6 is 0 Å². The largest absolute Gasteiger partial charge is 0.434 e. The summed E-state index contributed by atoms with van der Waals surface area (Å²) in [6, 6.07) is 10.6. The summed E-state index contributed by atoms with van der Waals surface area (Å²) in [6.45, 7) is -0.359. The standard InChI is InChI=1S/C21H24F2N2O4S/c1-15-9-10-17(30(27,28)25-11-5-2-6-12-25)13-18(15)20(26)24-14-16-7-3-4-8-19(16)29-21(22)23/h3-4,7-10,13,21H,2,5-6,11-12,14H2,1H3,(H,24,26). The van der Waals surface area contributed by atoms with Gasteiger partial charge in [-0.05, 0) is 43.5 Å². The van der Waals surface area contributed by atoms with Gasteiger partial charge < -0.3 is 10.1 Å². The Morgan fingerprint density at radius 2 is 1.83 bits per heavy atom. The van der Waals surface area contributed by atoms with Gasteiger partial charge in [-0.1, -0.05) is 30.7 Å². The Kier molecular flexibility index (Phi) is 7.04. The quantitative estimate of drug-likeness (QED) is 0.715. The number of benzene rings is 2. The highest BCUT2D eigenvalue weighted by atomic mass is 32.2. The number of piperidine rings is 1. The van der Waals surface area contributed by atoms with E-state index >= 15 is 0 Å². The van der Waals surface area contributed by atoms with E-state index in [1.165, 1.54) is 22.5 Å². The van der Waals surface area contributed by atoms with E-state index in [4.69, 9.17) is 0 Å². The first kappa shape index (κ1) is 22.2. The van der Waals surface area contributed by atoms with Gasteiger partial charge in [0.15, 0.2) is 0 Å². The van der Waals surface area contributed by atoms with E-state index in [2.05, 4.69) is 10.1 Å². The third-order valence-corrected chi connectivity index (χ3v) is 6.93. The van der Waals surface area contributed by atoms with Crippen LogP contribution in [0.1, 0.15) is 40.7 Å². The predicted octanol–water partition coefficient (Wildman–Crippen LogP) is 3.70. The molecule has 6 nitrogen and oxygen atoms in total. The molecule has 0 aromatic heterocycles. The molecule has 9 heteroatoms. The molecule has 30 heavy (non-hydrogen) atoms. The van der Waals surface area contributed by atoms with E-state index in [1.807, 2.05) is 0 Å². The lowest BCUT2D eigenvalue weighted by Crippen LogP contribution is -2.35. The van der Waals surface area contributed by atoms with E-state index in [0.717, 1.165) is 19.3 Å². The lowest BCUT2D eigenvalue weighted by molar-refractivity contribution is -0.0504. The van der Waals surface area contributed by atoms with Gasteiger partial charge in [-0.25, -0.2) is 8.42 Å². The fourth-order valence-corrected chi connectivity index (χ4v) is 4.94. The van der Waals surface area contributed by atoms with Crippen molar-refractivity contribution in [2.24, 2.45) is 0 Å². The zero-order chi connectivity index (χ0) is 21.7. The number of aryl methyl sites for hydroxylation is 1. The summed E-state index contributed by atoms with van der Waals surface area (Å²) in [5.41, 5.74) is 1.23. The Balaban J connectivity index is 1.78. The first-order valence-electron chi connectivity index (χ1n) is 9.71. The molecule has 0 aliphatic carbocycles. The number of amides is 1. The number of ether oxygens (including phenoxy) is 1. The molecule has 1 N–H and O–H groups in total. The van der Waals surface area contributed by atoms with Crippen molar-refractivity contribution in [1.29, 1.82) is 0 Å². The number of carbonyl (C=O) groups excluding carboxylic acids is 1. The molecule has 1 aliphatic rings. The van der Waals surface area contributed by atoms with Crippen LogP contribution in [-0.2, 0) is 16.6 Å². The van der Waals surface area contributed by atoms with E-state index in [9.17, 15) is 22.0 Å². The van der Waals surface area contributed by atoms with Crippen LogP contribution in [0.15, 0.2) is 47.4 Å². The highest BCUT2D eigenvalue weighted by molar-refractivity contribution is 7.89. The van der Waals surface area contributed by atoms with Gasteiger partial charge in [0.1, 0.15) is 5.75 Å². The highest BCUT2D eigenvalue weighted by Gasteiger charge is 2.27. The van der Waals surface area contributed by atoms with Crippen LogP contribution in [0.2, 0.25) is 0 Å². The monoisotopic (exact) mass is 438 g/mol. The summed E-state index contributed by atoms with van der Waals surface area (Å²) < 4.78 is 56.8. The maximum atomic E-state index is 12.9. The van der Waals surface area contributed by atoms with Crippen LogP contribution in [0.25, 0.3) is 0 Å². The predicted molar refractivity (Wildman–Crippen MR) is 108 cm³/mol. The van der Waals surface area contributed by atoms with Crippen molar-refractivity contribution in [3.63, 3.8) is 0 Å². The number of alkyl halides is 2. The minimum Gasteiger partial charge on any atom is -0.434 e. The topological polar surface area (TPSA) is 75.7 Å². The van der Waals surface area contributed by atoms with E-state index in [-0.39, 0.29) is 22.8 Å². The summed E-state index contributed by atoms with van der Waals surface area (Å²) in [7, 11) is -3.67. The van der Waals surface area contributed by atoms with Gasteiger partial charge in [0, 0.05) is 30.8 Å². The maximum Gasteiger partial charge on any atom is 0.387 e. The SMILES string of the molecule is Cc1ccc(S(=O)(=O)N2CCCCC2)cc1C(=O)NCc1ccccc1OC(F)F. The van der Waals surface area contributed by atoms with Crippen molar-refractivity contribution < 1.29 is 26.7 Å². The van der Waals surface area contributed by atoms with Crippen molar-refractivity contribution >= 4 is 15.9 Å². The first-order chi connectivity index (χ1) is 14.3. The number of nitrogens with zero attached hydrogens (tertiary/aromatic N) is 1. The molecule has 0 saturated carbocycles. The van der Waals surface area contributed by atoms with Gasteiger partial charge in [-0.3, -0.25) is 4.79 Å². The smallest absolute Gasteiger partial charge is 0.387 e. The summed E-state index contributed by atoms with van der Waals surface area (Å²) in [6.07, 6.45) is 2.64. The Hall–Kier alpha value is -2.52. The number of hydrogen-bond acceptors (Lipinski definition) is 4. The minimum absolute atomic E-state index is 0.0223. The van der Waals surface area contributed by atoms with Crippen LogP contribution in [-0.4, -0.2) is 38.3 Å². The number of nitrogens with one attached hydrogen (secondary N) is 1. The molecule has 0 spiro atoms. The Bertz CT molecular complexity index is 1010. The Morgan fingerprint density at radius 3 is 2.53 bits per heavy atom. The summed E-state index contributed by atoms with van der Waals surface area (Å²) >= 11 is 0. The fourth-order valence-electron chi connectivity index (χ4n) is 3.39. The maximum absolute atomic E-state index is 12.9. The molecular formula is C21H24F2N2O4S. The van der Waals surface area contributed by atoms with Gasteiger partial charge in [-0.2, -0.15) is 13.1 Å². The molecule has 1 fully saturated rings. The first-order valence-corrected chi connectivity index (χ1v) is 11.1. The molecule has 1 amide bonds. The van der Waals surface area contributed by atoms with Gasteiger partial charge >= 0.3 is 6.61 Å².